The number of aryl methyl sites for hydroxylation is 1. The number of nitrogens with zero attached hydrogens (tertiary/aromatic N) is 5. The van der Waals surface area contributed by atoms with Gasteiger partial charge in [-0.25, -0.2) is 9.97 Å². The molecule has 36 heavy (non-hydrogen) atoms. The molecule has 0 saturated carbocycles. The molecular weight excluding hydrogens is 456 g/mol. The molecule has 0 saturated heterocycles. The second kappa shape index (κ2) is 11.4. The smallest absolute Gasteiger partial charge is 0.261 e. The summed E-state index contributed by atoms with van der Waals surface area (Å²) in [6.45, 7) is 7.51. The van der Waals surface area contributed by atoms with E-state index < -0.39 is 0 Å². The van der Waals surface area contributed by atoms with Gasteiger partial charge in [-0.15, -0.1) is 0 Å². The summed E-state index contributed by atoms with van der Waals surface area (Å²) in [5.41, 5.74) is 1.09. The third kappa shape index (κ3) is 5.84. The van der Waals surface area contributed by atoms with E-state index in [1.165, 1.54) is 4.57 Å². The second-order valence-electron chi connectivity index (χ2n) is 8.25. The Kier molecular flexibility index (Phi) is 7.86. The third-order valence-electron chi connectivity index (χ3n) is 5.90. The number of benzene rings is 1. The SMILES string of the molecule is CCN(CC)CCNC(=O)c1ccc(Nc2nc(Nc3cnccn3)cc3ccn(C)c(=O)c23)cc1. The Hall–Kier alpha value is -4.31. The molecule has 10 heteroatoms. The van der Waals surface area contributed by atoms with Crippen LogP contribution in [0.4, 0.5) is 23.1 Å². The minimum absolute atomic E-state index is 0.124. The normalized spacial score (nSPS) is 11.0. The zero-order valence-electron chi connectivity index (χ0n) is 20.7. The van der Waals surface area contributed by atoms with Gasteiger partial charge in [0.1, 0.15) is 17.5 Å². The molecule has 0 bridgehead atoms. The van der Waals surface area contributed by atoms with Crippen molar-refractivity contribution in [1.29, 1.82) is 0 Å². The van der Waals surface area contributed by atoms with Gasteiger partial charge in [-0.3, -0.25) is 14.6 Å². The van der Waals surface area contributed by atoms with Gasteiger partial charge >= 0.3 is 0 Å². The van der Waals surface area contributed by atoms with Crippen molar-refractivity contribution in [1.82, 2.24) is 29.7 Å². The molecule has 186 valence electrons. The molecule has 0 aliphatic heterocycles. The van der Waals surface area contributed by atoms with Crippen molar-refractivity contribution < 1.29 is 4.79 Å². The first-order chi connectivity index (χ1) is 17.5. The number of nitrogens with one attached hydrogen (secondary N) is 3. The highest BCUT2D eigenvalue weighted by molar-refractivity contribution is 5.96. The molecule has 3 N–H and O–H groups in total. The Labute approximate surface area is 209 Å². The Morgan fingerprint density at radius 2 is 1.81 bits per heavy atom. The summed E-state index contributed by atoms with van der Waals surface area (Å²) in [7, 11) is 1.70. The molecule has 0 spiro atoms. The van der Waals surface area contributed by atoms with Gasteiger partial charge in [0.05, 0.1) is 11.6 Å². The quantitative estimate of drug-likeness (QED) is 0.313. The fourth-order valence-corrected chi connectivity index (χ4v) is 3.82. The summed E-state index contributed by atoms with van der Waals surface area (Å²) in [6, 6.07) is 10.7. The fraction of sp³-hybridized carbons (Fsp3) is 0.269. The van der Waals surface area contributed by atoms with Crippen molar-refractivity contribution in [2.24, 2.45) is 7.05 Å². The number of fused-ring (bicyclic) bond motifs is 1. The summed E-state index contributed by atoms with van der Waals surface area (Å²) in [5.74, 6) is 1.33. The van der Waals surface area contributed by atoms with E-state index in [4.69, 9.17) is 0 Å². The Bertz CT molecular complexity index is 1380. The maximum Gasteiger partial charge on any atom is 0.261 e. The molecule has 3 aromatic heterocycles. The number of amides is 1. The van der Waals surface area contributed by atoms with Crippen LogP contribution in [0.5, 0.6) is 0 Å². The van der Waals surface area contributed by atoms with Crippen LogP contribution in [0.3, 0.4) is 0 Å². The van der Waals surface area contributed by atoms with E-state index in [0.717, 1.165) is 25.0 Å². The van der Waals surface area contributed by atoms with E-state index in [2.05, 4.69) is 49.6 Å². The average molecular weight is 487 g/mol. The third-order valence-corrected chi connectivity index (χ3v) is 5.90. The maximum atomic E-state index is 12.9. The first-order valence-corrected chi connectivity index (χ1v) is 11.9. The molecule has 4 aromatic rings. The molecule has 10 nitrogen and oxygen atoms in total. The second-order valence-corrected chi connectivity index (χ2v) is 8.25. The van der Waals surface area contributed by atoms with E-state index >= 15 is 0 Å². The van der Waals surface area contributed by atoms with Gasteiger partial charge in [0.2, 0.25) is 0 Å². The van der Waals surface area contributed by atoms with Crippen molar-refractivity contribution in [2.75, 3.05) is 36.8 Å². The fourth-order valence-electron chi connectivity index (χ4n) is 3.82. The molecule has 3 heterocycles. The molecule has 0 atom stereocenters. The molecule has 1 aromatic carbocycles. The zero-order chi connectivity index (χ0) is 25.5. The summed E-state index contributed by atoms with van der Waals surface area (Å²) in [5, 5.41) is 10.5. The van der Waals surface area contributed by atoms with Crippen LogP contribution < -0.4 is 21.5 Å². The van der Waals surface area contributed by atoms with E-state index in [0.29, 0.717) is 40.6 Å². The Morgan fingerprint density at radius 1 is 1.03 bits per heavy atom. The summed E-state index contributed by atoms with van der Waals surface area (Å²) >= 11 is 0. The van der Waals surface area contributed by atoms with E-state index in [1.54, 1.807) is 62.2 Å². The lowest BCUT2D eigenvalue weighted by atomic mass is 10.1. The van der Waals surface area contributed by atoms with Crippen molar-refractivity contribution in [3.05, 3.63) is 77.1 Å². The van der Waals surface area contributed by atoms with Crippen LogP contribution in [0, 0.1) is 0 Å². The molecule has 0 radical (unpaired) electrons. The topological polar surface area (TPSA) is 117 Å². The number of hydrogen-bond acceptors (Lipinski definition) is 8. The molecule has 1 amide bonds. The zero-order valence-corrected chi connectivity index (χ0v) is 20.7. The van der Waals surface area contributed by atoms with Crippen LogP contribution in [-0.4, -0.2) is 56.5 Å². The first-order valence-electron chi connectivity index (χ1n) is 11.9. The lowest BCUT2D eigenvalue weighted by Gasteiger charge is -2.18. The van der Waals surface area contributed by atoms with Gasteiger partial charge in [-0.1, -0.05) is 13.8 Å². The number of aromatic nitrogens is 4. The summed E-state index contributed by atoms with van der Waals surface area (Å²) < 4.78 is 1.51. The minimum atomic E-state index is -0.169. The monoisotopic (exact) mass is 486 g/mol. The van der Waals surface area contributed by atoms with Crippen molar-refractivity contribution in [3.8, 4) is 0 Å². The molecule has 0 fully saturated rings. The largest absolute Gasteiger partial charge is 0.351 e. The van der Waals surface area contributed by atoms with Crippen LogP contribution in [0.25, 0.3) is 10.8 Å². The minimum Gasteiger partial charge on any atom is -0.351 e. The van der Waals surface area contributed by atoms with Gasteiger partial charge < -0.3 is 25.4 Å². The molecule has 4 rings (SSSR count). The Morgan fingerprint density at radius 3 is 2.50 bits per heavy atom. The van der Waals surface area contributed by atoms with Crippen molar-refractivity contribution >= 4 is 39.8 Å². The molecular formula is C26H30N8O2. The predicted octanol–water partition coefficient (Wildman–Crippen LogP) is 3.28. The van der Waals surface area contributed by atoms with Gasteiger partial charge in [0, 0.05) is 50.0 Å². The highest BCUT2D eigenvalue weighted by Gasteiger charge is 2.13. The Balaban J connectivity index is 1.56. The van der Waals surface area contributed by atoms with Crippen LogP contribution in [0.15, 0.2) is 66.0 Å². The number of rotatable bonds is 10. The average Bonchev–Trinajstić information content (AvgIpc) is 2.89. The summed E-state index contributed by atoms with van der Waals surface area (Å²) in [4.78, 5) is 40.6. The number of anilines is 4. The lowest BCUT2D eigenvalue weighted by Crippen LogP contribution is -2.34. The van der Waals surface area contributed by atoms with Crippen LogP contribution in [0.1, 0.15) is 24.2 Å². The van der Waals surface area contributed by atoms with E-state index in [-0.39, 0.29) is 11.5 Å². The number of likely N-dealkylation sites (N-methyl/N-ethyl adjacent to an activating group) is 1. The molecule has 0 unspecified atom stereocenters. The van der Waals surface area contributed by atoms with Crippen molar-refractivity contribution in [3.63, 3.8) is 0 Å². The molecule has 0 aliphatic carbocycles. The van der Waals surface area contributed by atoms with E-state index in [1.807, 2.05) is 6.07 Å². The van der Waals surface area contributed by atoms with Gasteiger partial charge in [-0.05, 0) is 54.9 Å². The number of hydrogen-bond donors (Lipinski definition) is 3. The van der Waals surface area contributed by atoms with Crippen LogP contribution in [0.2, 0.25) is 0 Å². The predicted molar refractivity (Wildman–Crippen MR) is 142 cm³/mol. The first kappa shape index (κ1) is 24.8. The highest BCUT2D eigenvalue weighted by atomic mass is 16.1. The highest BCUT2D eigenvalue weighted by Crippen LogP contribution is 2.26. The molecule has 0 aliphatic rings. The van der Waals surface area contributed by atoms with Gasteiger partial charge in [0.15, 0.2) is 0 Å². The van der Waals surface area contributed by atoms with Gasteiger partial charge in [-0.2, -0.15) is 0 Å². The van der Waals surface area contributed by atoms with E-state index in [9.17, 15) is 9.59 Å². The number of carbonyl (C=O) groups is 1. The number of carbonyl (C=O) groups excluding carboxylic acids is 1. The van der Waals surface area contributed by atoms with Crippen LogP contribution >= 0.6 is 0 Å². The lowest BCUT2D eigenvalue weighted by molar-refractivity contribution is 0.0949. The number of pyridine rings is 2. The van der Waals surface area contributed by atoms with Gasteiger partial charge in [0.25, 0.3) is 11.5 Å². The van der Waals surface area contributed by atoms with Crippen LogP contribution in [-0.2, 0) is 7.05 Å². The van der Waals surface area contributed by atoms with Crippen molar-refractivity contribution in [2.45, 2.75) is 13.8 Å². The maximum absolute atomic E-state index is 12.9. The summed E-state index contributed by atoms with van der Waals surface area (Å²) in [6.07, 6.45) is 6.48. The standard InChI is InChI=1S/C26H30N8O2/c1-4-34(5-2)15-13-29-25(35)18-6-8-20(9-7-18)30-24-23-19(10-14-33(3)26(23)36)16-21(32-24)31-22-17-27-11-12-28-22/h6-12,14,16-17H,4-5,13,15H2,1-3H3,(H,29,35)(H2,28,30,31,32).